The minimum Gasteiger partial charge on any atom is -0.481 e. The number of carboxylic acids is 1. The lowest BCUT2D eigenvalue weighted by Gasteiger charge is -2.52. The molecule has 6 heterocycles. The van der Waals surface area contributed by atoms with E-state index in [0.717, 1.165) is 51.4 Å². The normalized spacial score (nSPS) is 42.4. The first-order valence-corrected chi connectivity index (χ1v) is 32.0. The zero-order valence-corrected chi connectivity index (χ0v) is 51.6. The van der Waals surface area contributed by atoms with Crippen LogP contribution in [0.1, 0.15) is 244 Å². The molecule has 0 amide bonds. The van der Waals surface area contributed by atoms with E-state index in [2.05, 4.69) is 31.2 Å². The van der Waals surface area contributed by atoms with Crippen LogP contribution in [-0.4, -0.2) is 132 Å². The lowest BCUT2D eigenvalue weighted by atomic mass is 9.76. The molecule has 0 aliphatic carbocycles. The van der Waals surface area contributed by atoms with Crippen LogP contribution in [0.15, 0.2) is 24.3 Å². The molecule has 6 rings (SSSR count). The van der Waals surface area contributed by atoms with Crippen LogP contribution in [0.4, 0.5) is 0 Å². The Bertz CT molecular complexity index is 2000. The minimum absolute atomic E-state index is 0.0131. The zero-order chi connectivity index (χ0) is 58.8. The maximum atomic E-state index is 14.2. The van der Waals surface area contributed by atoms with Crippen LogP contribution in [0.25, 0.3) is 0 Å². The number of hydrogen-bond donors (Lipinski definition) is 6. The third-order valence-corrected chi connectivity index (χ3v) is 20.5. The highest BCUT2D eigenvalue weighted by molar-refractivity contribution is 5.70. The first kappa shape index (κ1) is 67.1. The average Bonchev–Trinajstić information content (AvgIpc) is 4.15. The monoisotopic (exact) mass is 1130 g/mol. The van der Waals surface area contributed by atoms with Crippen LogP contribution in [-0.2, 0) is 42.7 Å². The van der Waals surface area contributed by atoms with Crippen molar-refractivity contribution in [2.75, 3.05) is 0 Å². The Morgan fingerprint density at radius 3 is 2.06 bits per heavy atom. The third kappa shape index (κ3) is 16.1. The summed E-state index contributed by atoms with van der Waals surface area (Å²) in [6, 6.07) is 0. The summed E-state index contributed by atoms with van der Waals surface area (Å²) in [5, 5.41) is 71.2. The third-order valence-electron chi connectivity index (χ3n) is 20.5. The fourth-order valence-electron chi connectivity index (χ4n) is 14.7. The van der Waals surface area contributed by atoms with Gasteiger partial charge in [0.2, 0.25) is 5.79 Å². The Balaban J connectivity index is 1.14. The van der Waals surface area contributed by atoms with E-state index >= 15 is 0 Å². The SMILES string of the molecule is CCCCC/C=C/C/C=C/CCCCCCCC(=O)O[C@H]([C@@H]1CC[C@@](C)([C@]2(O)O[C@](C)([C@H]3CC[C@@](C)(O)[C@H](CC)O3)C[C@H]2C)O1)[C@]1(O)O[C@H](C[C@@]2(O)O[C@@H]([C@@H](C)[C@H](O)C[C@H]3CC[C@H](C)[C@@H]([C@@H](C)C(=O)O)O3)CC[C@@H]2C)[C@@H](C)C[C@H]1C. The van der Waals surface area contributed by atoms with Crippen molar-refractivity contribution in [1.29, 1.82) is 0 Å². The van der Waals surface area contributed by atoms with Crippen LogP contribution in [0.5, 0.6) is 0 Å². The summed E-state index contributed by atoms with van der Waals surface area (Å²) >= 11 is 0. The number of allylic oxidation sites excluding steroid dienone is 4. The van der Waals surface area contributed by atoms with E-state index in [1.807, 2.05) is 69.2 Å². The largest absolute Gasteiger partial charge is 0.481 e. The van der Waals surface area contributed by atoms with Crippen molar-refractivity contribution in [3.8, 4) is 0 Å². The highest BCUT2D eigenvalue weighted by Crippen LogP contribution is 2.56. The second-order valence-electron chi connectivity index (χ2n) is 27.2. The molecular weight excluding hydrogens is 1020 g/mol. The number of carbonyl (C=O) groups is 2. The molecule has 0 radical (unpaired) electrons. The Labute approximate surface area is 482 Å². The molecule has 462 valence electrons. The molecule has 22 atom stereocenters. The molecule has 80 heavy (non-hydrogen) atoms. The van der Waals surface area contributed by atoms with Crippen molar-refractivity contribution in [2.45, 2.75) is 333 Å². The molecule has 0 spiro atoms. The molecule has 0 aromatic heterocycles. The van der Waals surface area contributed by atoms with E-state index in [1.54, 1.807) is 6.92 Å². The number of rotatable bonds is 28. The number of hydrogen-bond acceptors (Lipinski definition) is 14. The topological polar surface area (TPSA) is 220 Å². The van der Waals surface area contributed by atoms with Crippen LogP contribution < -0.4 is 0 Å². The van der Waals surface area contributed by atoms with E-state index in [-0.39, 0.29) is 54.8 Å². The summed E-state index contributed by atoms with van der Waals surface area (Å²) in [5.74, 6) is -9.27. The average molecular weight is 1130 g/mol. The van der Waals surface area contributed by atoms with Gasteiger partial charge in [-0.2, -0.15) is 0 Å². The molecule has 6 fully saturated rings. The molecule has 0 bridgehead atoms. The fourth-order valence-corrected chi connectivity index (χ4v) is 14.7. The van der Waals surface area contributed by atoms with Gasteiger partial charge in [-0.1, -0.05) is 112 Å². The summed E-state index contributed by atoms with van der Waals surface area (Å²) in [7, 11) is 0. The maximum absolute atomic E-state index is 14.2. The van der Waals surface area contributed by atoms with Crippen molar-refractivity contribution in [3.05, 3.63) is 24.3 Å². The molecule has 0 unspecified atom stereocenters. The number of aliphatic hydroxyl groups excluding tert-OH is 1. The molecule has 0 saturated carbocycles. The van der Waals surface area contributed by atoms with Gasteiger partial charge in [-0.3, -0.25) is 9.59 Å². The lowest BCUT2D eigenvalue weighted by molar-refractivity contribution is -0.374. The van der Waals surface area contributed by atoms with Gasteiger partial charge in [0.1, 0.15) is 11.7 Å². The summed E-state index contributed by atoms with van der Waals surface area (Å²) in [6.07, 6.45) is 21.3. The Kier molecular flexibility index (Phi) is 24.3. The first-order chi connectivity index (χ1) is 37.7. The Hall–Kier alpha value is -2.02. The summed E-state index contributed by atoms with van der Waals surface area (Å²) in [5.41, 5.74) is -3.15. The number of carboxylic acid groups (broad SMARTS) is 1. The molecule has 15 nitrogen and oxygen atoms in total. The van der Waals surface area contributed by atoms with Crippen molar-refractivity contribution in [3.63, 3.8) is 0 Å². The number of unbranched alkanes of at least 4 members (excludes halogenated alkanes) is 8. The second-order valence-corrected chi connectivity index (χ2v) is 27.2. The predicted molar refractivity (Wildman–Crippen MR) is 308 cm³/mol. The van der Waals surface area contributed by atoms with Crippen molar-refractivity contribution in [1.82, 2.24) is 0 Å². The van der Waals surface area contributed by atoms with Gasteiger partial charge < -0.3 is 63.8 Å². The zero-order valence-electron chi connectivity index (χ0n) is 51.6. The van der Waals surface area contributed by atoms with Gasteiger partial charge in [0.15, 0.2) is 17.7 Å². The second kappa shape index (κ2) is 28.9. The van der Waals surface area contributed by atoms with Gasteiger partial charge in [-0.25, -0.2) is 0 Å². The van der Waals surface area contributed by atoms with Crippen LogP contribution in [0.3, 0.4) is 0 Å². The maximum Gasteiger partial charge on any atom is 0.308 e. The van der Waals surface area contributed by atoms with Crippen LogP contribution in [0.2, 0.25) is 0 Å². The highest BCUT2D eigenvalue weighted by atomic mass is 16.7. The number of carbonyl (C=O) groups excluding carboxylic acids is 1. The van der Waals surface area contributed by atoms with Crippen molar-refractivity contribution >= 4 is 11.9 Å². The lowest BCUT2D eigenvalue weighted by Crippen LogP contribution is -2.64. The number of aliphatic carboxylic acids is 1. The molecular formula is C65H112O15. The number of aliphatic hydroxyl groups is 5. The molecule has 6 aliphatic rings. The summed E-state index contributed by atoms with van der Waals surface area (Å²) in [4.78, 5) is 26.1. The molecule has 6 aliphatic heterocycles. The van der Waals surface area contributed by atoms with Gasteiger partial charge in [-0.05, 0) is 155 Å². The van der Waals surface area contributed by atoms with Gasteiger partial charge in [0, 0.05) is 36.5 Å². The van der Waals surface area contributed by atoms with Gasteiger partial charge in [0.25, 0.3) is 0 Å². The predicted octanol–water partition coefficient (Wildman–Crippen LogP) is 11.8. The fraction of sp³-hybridized carbons (Fsp3) is 0.908. The van der Waals surface area contributed by atoms with E-state index in [9.17, 15) is 40.2 Å². The smallest absolute Gasteiger partial charge is 0.308 e. The van der Waals surface area contributed by atoms with Gasteiger partial charge in [-0.15, -0.1) is 0 Å². The van der Waals surface area contributed by atoms with E-state index in [1.165, 1.54) is 19.3 Å². The highest BCUT2D eigenvalue weighted by Gasteiger charge is 2.68. The quantitative estimate of drug-likeness (QED) is 0.0244. The van der Waals surface area contributed by atoms with Crippen LogP contribution in [0, 0.1) is 41.4 Å². The van der Waals surface area contributed by atoms with Gasteiger partial charge >= 0.3 is 11.9 Å². The van der Waals surface area contributed by atoms with Crippen molar-refractivity contribution < 1.29 is 73.4 Å². The molecule has 0 aromatic carbocycles. The number of esters is 1. The number of ether oxygens (including phenoxy) is 7. The Morgan fingerprint density at radius 1 is 0.713 bits per heavy atom. The molecule has 0 aromatic rings. The van der Waals surface area contributed by atoms with Crippen molar-refractivity contribution in [2.24, 2.45) is 41.4 Å². The summed E-state index contributed by atoms with van der Waals surface area (Å²) in [6.45, 7) is 23.3. The Morgan fingerprint density at radius 2 is 1.39 bits per heavy atom. The van der Waals surface area contributed by atoms with E-state index < -0.39 is 100 Å². The van der Waals surface area contributed by atoms with E-state index in [0.29, 0.717) is 77.0 Å². The minimum atomic E-state index is -2.06. The van der Waals surface area contributed by atoms with Gasteiger partial charge in [0.05, 0.1) is 59.8 Å². The molecule has 6 N–H and O–H groups in total. The standard InChI is InChI=1S/C65H112O15/c1-13-15-16-17-18-19-20-21-22-23-24-25-26-27-28-29-56(67)76-58(52-34-37-62(12,77-52)65(73)46(7)40-61(11,80-65)55-35-36-60(10,70)54(14-2)75-55)64(72)45(6)38-43(4)53(79-64)41-63(71)44(5)31-33-51(78-63)47(8)50(66)39-49-32-30-42(3)57(74-49)48(9)59(68)69/h18-19,21-22,42-55,57-58,66,70-73H,13-17,20,23-41H2,1-12H3,(H,68,69)/b19-18+,22-21+/t42-,43-,44-,45+,46+,47-,48+,49+,50+,51+,52-,53+,54-,55+,57-,58+,60+,61-,62-,63+,64+,65+/m0/s1. The van der Waals surface area contributed by atoms with E-state index in [4.69, 9.17) is 33.2 Å². The molecule has 6 saturated heterocycles. The molecule has 15 heteroatoms. The first-order valence-electron chi connectivity index (χ1n) is 32.0. The van der Waals surface area contributed by atoms with Crippen LogP contribution >= 0.6 is 0 Å². The summed E-state index contributed by atoms with van der Waals surface area (Å²) < 4.78 is 46.8.